The van der Waals surface area contributed by atoms with Gasteiger partial charge in [-0.1, -0.05) is 0 Å². The van der Waals surface area contributed by atoms with Gasteiger partial charge in [0.15, 0.2) is 0 Å². The molecule has 5 heteroatoms. The molecule has 0 rings (SSSR count). The molecule has 0 saturated heterocycles. The number of nitrogens with two attached hydrogens (primary N) is 1. The van der Waals surface area contributed by atoms with E-state index in [1.54, 1.807) is 23.5 Å². The summed E-state index contributed by atoms with van der Waals surface area (Å²) in [5.41, 5.74) is 5.69. The third-order valence-corrected chi connectivity index (χ3v) is 3.14. The molecular weight excluding hydrogens is 216 g/mol. The van der Waals surface area contributed by atoms with Crippen LogP contribution in [0.4, 0.5) is 0 Å². The SMILES string of the molecule is CSCCCNC(=O)[C@H](N)CCSC. The lowest BCUT2D eigenvalue weighted by Gasteiger charge is -2.10. The average Bonchev–Trinajstić information content (AvgIpc) is 2.20. The second-order valence-electron chi connectivity index (χ2n) is 3.03. The molecule has 0 aromatic rings. The predicted molar refractivity (Wildman–Crippen MR) is 67.0 cm³/mol. The van der Waals surface area contributed by atoms with Crippen LogP contribution in [0.5, 0.6) is 0 Å². The fourth-order valence-electron chi connectivity index (χ4n) is 0.935. The van der Waals surface area contributed by atoms with Gasteiger partial charge in [-0.25, -0.2) is 0 Å². The first kappa shape index (κ1) is 14.1. The molecule has 0 aromatic heterocycles. The topological polar surface area (TPSA) is 55.1 Å². The smallest absolute Gasteiger partial charge is 0.236 e. The van der Waals surface area contributed by atoms with E-state index < -0.39 is 0 Å². The highest BCUT2D eigenvalue weighted by molar-refractivity contribution is 7.98. The fraction of sp³-hybridized carbons (Fsp3) is 0.889. The molecule has 14 heavy (non-hydrogen) atoms. The van der Waals surface area contributed by atoms with Crippen molar-refractivity contribution in [2.45, 2.75) is 18.9 Å². The van der Waals surface area contributed by atoms with Gasteiger partial charge in [-0.05, 0) is 36.9 Å². The van der Waals surface area contributed by atoms with Crippen molar-refractivity contribution in [3.05, 3.63) is 0 Å². The van der Waals surface area contributed by atoms with E-state index in [0.29, 0.717) is 0 Å². The van der Waals surface area contributed by atoms with E-state index >= 15 is 0 Å². The third-order valence-electron chi connectivity index (χ3n) is 1.79. The van der Waals surface area contributed by atoms with Crippen LogP contribution in [0.15, 0.2) is 0 Å². The number of amides is 1. The molecule has 84 valence electrons. The molecule has 0 bridgehead atoms. The van der Waals surface area contributed by atoms with Crippen LogP contribution in [0.3, 0.4) is 0 Å². The number of hydrogen-bond donors (Lipinski definition) is 2. The molecule has 0 aliphatic carbocycles. The second kappa shape index (κ2) is 9.68. The number of carbonyl (C=O) groups is 1. The first-order chi connectivity index (χ1) is 6.72. The standard InChI is InChI=1S/C9H20N2OS2/c1-13-6-3-5-11-9(12)8(10)4-7-14-2/h8H,3-7,10H2,1-2H3,(H,11,12)/t8-/m1/s1. The first-order valence-corrected chi connectivity index (χ1v) is 7.52. The van der Waals surface area contributed by atoms with E-state index in [-0.39, 0.29) is 11.9 Å². The third kappa shape index (κ3) is 7.53. The normalized spacial score (nSPS) is 12.5. The number of carbonyl (C=O) groups excluding carboxylic acids is 1. The highest BCUT2D eigenvalue weighted by Gasteiger charge is 2.11. The van der Waals surface area contributed by atoms with Gasteiger partial charge in [0, 0.05) is 6.54 Å². The molecule has 1 amide bonds. The second-order valence-corrected chi connectivity index (χ2v) is 5.00. The maximum Gasteiger partial charge on any atom is 0.236 e. The number of thioether (sulfide) groups is 2. The van der Waals surface area contributed by atoms with Crippen molar-refractivity contribution in [2.24, 2.45) is 5.73 Å². The lowest BCUT2D eigenvalue weighted by molar-refractivity contribution is -0.122. The number of nitrogens with one attached hydrogen (secondary N) is 1. The molecule has 0 radical (unpaired) electrons. The van der Waals surface area contributed by atoms with Gasteiger partial charge < -0.3 is 11.1 Å². The predicted octanol–water partition coefficient (Wildman–Crippen LogP) is 0.936. The van der Waals surface area contributed by atoms with Crippen molar-refractivity contribution in [3.63, 3.8) is 0 Å². The summed E-state index contributed by atoms with van der Waals surface area (Å²) >= 11 is 3.51. The van der Waals surface area contributed by atoms with E-state index in [1.165, 1.54) is 0 Å². The van der Waals surface area contributed by atoms with Gasteiger partial charge >= 0.3 is 0 Å². The summed E-state index contributed by atoms with van der Waals surface area (Å²) < 4.78 is 0. The Kier molecular flexibility index (Phi) is 9.77. The van der Waals surface area contributed by atoms with Crippen molar-refractivity contribution in [1.29, 1.82) is 0 Å². The fourth-order valence-corrected chi connectivity index (χ4v) is 1.86. The maximum atomic E-state index is 11.4. The van der Waals surface area contributed by atoms with Gasteiger partial charge in [0.2, 0.25) is 5.91 Å². The van der Waals surface area contributed by atoms with E-state index in [2.05, 4.69) is 11.6 Å². The van der Waals surface area contributed by atoms with Crippen molar-refractivity contribution >= 4 is 29.4 Å². The van der Waals surface area contributed by atoms with Gasteiger partial charge in [-0.3, -0.25) is 4.79 Å². The van der Waals surface area contributed by atoms with Crippen molar-refractivity contribution in [2.75, 3.05) is 30.6 Å². The number of hydrogen-bond acceptors (Lipinski definition) is 4. The Labute approximate surface area is 95.0 Å². The van der Waals surface area contributed by atoms with Crippen LogP contribution < -0.4 is 11.1 Å². The first-order valence-electron chi connectivity index (χ1n) is 4.73. The van der Waals surface area contributed by atoms with Crippen LogP contribution in [0, 0.1) is 0 Å². The van der Waals surface area contributed by atoms with Crippen molar-refractivity contribution in [1.82, 2.24) is 5.32 Å². The van der Waals surface area contributed by atoms with Crippen LogP contribution >= 0.6 is 23.5 Å². The van der Waals surface area contributed by atoms with E-state index in [4.69, 9.17) is 5.73 Å². The molecule has 0 fully saturated rings. The van der Waals surface area contributed by atoms with E-state index in [0.717, 1.165) is 30.9 Å². The summed E-state index contributed by atoms with van der Waals surface area (Å²) in [6.07, 6.45) is 5.85. The zero-order valence-electron chi connectivity index (χ0n) is 8.91. The average molecular weight is 236 g/mol. The lowest BCUT2D eigenvalue weighted by atomic mass is 10.2. The summed E-state index contributed by atoms with van der Waals surface area (Å²) in [4.78, 5) is 11.4. The quantitative estimate of drug-likeness (QED) is 0.616. The van der Waals surface area contributed by atoms with E-state index in [9.17, 15) is 4.79 Å². The summed E-state index contributed by atoms with van der Waals surface area (Å²) in [6, 6.07) is -0.336. The molecule has 0 spiro atoms. The van der Waals surface area contributed by atoms with Gasteiger partial charge in [0.05, 0.1) is 6.04 Å². The summed E-state index contributed by atoms with van der Waals surface area (Å²) in [5.74, 6) is 2.01. The lowest BCUT2D eigenvalue weighted by Crippen LogP contribution is -2.41. The number of rotatable bonds is 8. The van der Waals surface area contributed by atoms with Gasteiger partial charge in [0.25, 0.3) is 0 Å². The Bertz CT molecular complexity index is 156. The zero-order chi connectivity index (χ0) is 10.8. The highest BCUT2D eigenvalue weighted by Crippen LogP contribution is 1.99. The van der Waals surface area contributed by atoms with Crippen LogP contribution in [0.2, 0.25) is 0 Å². The largest absolute Gasteiger partial charge is 0.355 e. The summed E-state index contributed by atoms with van der Waals surface area (Å²) in [5, 5.41) is 2.84. The summed E-state index contributed by atoms with van der Waals surface area (Å²) in [6.45, 7) is 0.743. The zero-order valence-corrected chi connectivity index (χ0v) is 10.5. The Balaban J connectivity index is 3.42. The molecule has 0 aliphatic rings. The highest BCUT2D eigenvalue weighted by atomic mass is 32.2. The molecule has 0 aromatic carbocycles. The van der Waals surface area contributed by atoms with Crippen molar-refractivity contribution < 1.29 is 4.79 Å². The maximum absolute atomic E-state index is 11.4. The minimum absolute atomic E-state index is 0.0137. The molecule has 3 N–H and O–H groups in total. The molecule has 0 unspecified atom stereocenters. The Morgan fingerprint density at radius 1 is 1.36 bits per heavy atom. The minimum Gasteiger partial charge on any atom is -0.355 e. The molecule has 0 saturated carbocycles. The van der Waals surface area contributed by atoms with Gasteiger partial charge in [-0.2, -0.15) is 23.5 Å². The Morgan fingerprint density at radius 3 is 2.57 bits per heavy atom. The van der Waals surface area contributed by atoms with Gasteiger partial charge in [-0.15, -0.1) is 0 Å². The summed E-state index contributed by atoms with van der Waals surface area (Å²) in [7, 11) is 0. The Hall–Kier alpha value is 0.130. The molecule has 1 atom stereocenters. The molecule has 0 aliphatic heterocycles. The van der Waals surface area contributed by atoms with Crippen LogP contribution in [0.1, 0.15) is 12.8 Å². The monoisotopic (exact) mass is 236 g/mol. The molecule has 0 heterocycles. The molecular formula is C9H20N2OS2. The van der Waals surface area contributed by atoms with Crippen LogP contribution in [-0.2, 0) is 4.79 Å². The van der Waals surface area contributed by atoms with Crippen LogP contribution in [-0.4, -0.2) is 42.5 Å². The van der Waals surface area contributed by atoms with Crippen molar-refractivity contribution in [3.8, 4) is 0 Å². The Morgan fingerprint density at radius 2 is 2.00 bits per heavy atom. The molecule has 3 nitrogen and oxygen atoms in total. The minimum atomic E-state index is -0.336. The van der Waals surface area contributed by atoms with Gasteiger partial charge in [0.1, 0.15) is 0 Å². The van der Waals surface area contributed by atoms with Crippen LogP contribution in [0.25, 0.3) is 0 Å². The van der Waals surface area contributed by atoms with E-state index in [1.807, 2.05) is 6.26 Å².